The second-order valence-electron chi connectivity index (χ2n) is 12.2. The monoisotopic (exact) mass is 564 g/mol. The molecule has 5 rings (SSSR count). The molecular formula is C32H48N6O3. The number of nitrogens with zero attached hydrogens (tertiary/aromatic N) is 5. The molecule has 0 aliphatic carbocycles. The second-order valence-corrected chi connectivity index (χ2v) is 12.2. The molecule has 1 atom stereocenters. The van der Waals surface area contributed by atoms with E-state index < -0.39 is 6.04 Å². The normalized spacial score (nSPS) is 21.1. The Morgan fingerprint density at radius 1 is 1.00 bits per heavy atom. The molecule has 9 heteroatoms. The van der Waals surface area contributed by atoms with Gasteiger partial charge in [0, 0.05) is 70.2 Å². The summed E-state index contributed by atoms with van der Waals surface area (Å²) < 4.78 is 0. The van der Waals surface area contributed by atoms with Crippen LogP contribution >= 0.6 is 0 Å². The van der Waals surface area contributed by atoms with Gasteiger partial charge in [0.1, 0.15) is 6.04 Å². The van der Waals surface area contributed by atoms with E-state index in [-0.39, 0.29) is 17.8 Å². The van der Waals surface area contributed by atoms with Crippen molar-refractivity contribution in [3.63, 3.8) is 0 Å². The van der Waals surface area contributed by atoms with Crippen molar-refractivity contribution in [2.24, 2.45) is 5.92 Å². The van der Waals surface area contributed by atoms with Gasteiger partial charge in [0.2, 0.25) is 5.91 Å². The fourth-order valence-corrected chi connectivity index (χ4v) is 6.97. The van der Waals surface area contributed by atoms with Gasteiger partial charge < -0.3 is 24.9 Å². The number of piperidine rings is 2. The molecular weight excluding hydrogens is 516 g/mol. The number of anilines is 1. The van der Waals surface area contributed by atoms with Crippen LogP contribution in [0.15, 0.2) is 31.0 Å². The molecule has 4 heterocycles. The van der Waals surface area contributed by atoms with E-state index in [9.17, 15) is 14.4 Å². The summed E-state index contributed by atoms with van der Waals surface area (Å²) in [5.41, 5.74) is 2.91. The van der Waals surface area contributed by atoms with Gasteiger partial charge in [-0.2, -0.15) is 0 Å². The van der Waals surface area contributed by atoms with Crippen molar-refractivity contribution < 1.29 is 14.4 Å². The number of carbonyl (C=O) groups is 3. The van der Waals surface area contributed by atoms with E-state index in [0.717, 1.165) is 89.6 Å². The van der Waals surface area contributed by atoms with Crippen molar-refractivity contribution in [2.75, 3.05) is 63.8 Å². The molecule has 3 saturated heterocycles. The molecule has 0 radical (unpaired) electrons. The highest BCUT2D eigenvalue weighted by atomic mass is 16.2. The summed E-state index contributed by atoms with van der Waals surface area (Å²) in [7, 11) is 0. The Morgan fingerprint density at radius 3 is 2.39 bits per heavy atom. The van der Waals surface area contributed by atoms with Crippen molar-refractivity contribution in [3.8, 4) is 0 Å². The molecule has 41 heavy (non-hydrogen) atoms. The van der Waals surface area contributed by atoms with Crippen LogP contribution in [0.4, 0.5) is 10.5 Å². The zero-order chi connectivity index (χ0) is 28.8. The maximum absolute atomic E-state index is 13.2. The lowest BCUT2D eigenvalue weighted by Gasteiger charge is -2.39. The number of hydrogen-bond acceptors (Lipinski definition) is 5. The molecule has 4 aliphatic rings. The van der Waals surface area contributed by atoms with Gasteiger partial charge in [-0.25, -0.2) is 4.79 Å². The Balaban J connectivity index is 1.07. The average molecular weight is 565 g/mol. The molecule has 0 bridgehead atoms. The summed E-state index contributed by atoms with van der Waals surface area (Å²) in [4.78, 5) is 49.4. The fraction of sp³-hybridized carbons (Fsp3) is 0.656. The molecule has 0 saturated carbocycles. The number of amides is 4. The molecule has 224 valence electrons. The predicted molar refractivity (Wildman–Crippen MR) is 162 cm³/mol. The Kier molecular flexibility index (Phi) is 9.85. The van der Waals surface area contributed by atoms with Crippen LogP contribution in [0.3, 0.4) is 0 Å². The summed E-state index contributed by atoms with van der Waals surface area (Å²) in [6.45, 7) is 14.8. The van der Waals surface area contributed by atoms with Crippen LogP contribution in [0.5, 0.6) is 0 Å². The maximum atomic E-state index is 13.2. The molecule has 1 N–H and O–H groups in total. The Hall–Kier alpha value is -3.07. The second kappa shape index (κ2) is 13.7. The van der Waals surface area contributed by atoms with Gasteiger partial charge in [-0.3, -0.25) is 14.5 Å². The average Bonchev–Trinajstić information content (AvgIpc) is 3.34. The van der Waals surface area contributed by atoms with Crippen LogP contribution in [0.2, 0.25) is 0 Å². The number of benzene rings is 1. The third-order valence-corrected chi connectivity index (χ3v) is 9.51. The molecule has 1 aromatic carbocycles. The van der Waals surface area contributed by atoms with Gasteiger partial charge in [-0.1, -0.05) is 19.9 Å². The maximum Gasteiger partial charge on any atom is 0.320 e. The first kappa shape index (κ1) is 29.4. The Labute approximate surface area is 245 Å². The van der Waals surface area contributed by atoms with Crippen LogP contribution in [-0.2, 0) is 11.3 Å². The number of urea groups is 1. The van der Waals surface area contributed by atoms with E-state index in [1.54, 1.807) is 4.90 Å². The third kappa shape index (κ3) is 6.88. The van der Waals surface area contributed by atoms with Crippen molar-refractivity contribution in [1.82, 2.24) is 24.9 Å². The molecule has 1 unspecified atom stereocenters. The Morgan fingerprint density at radius 2 is 1.71 bits per heavy atom. The van der Waals surface area contributed by atoms with Gasteiger partial charge in [-0.05, 0) is 87.4 Å². The van der Waals surface area contributed by atoms with E-state index in [2.05, 4.69) is 38.7 Å². The first-order chi connectivity index (χ1) is 20.0. The lowest BCUT2D eigenvalue weighted by molar-refractivity contribution is -0.125. The lowest BCUT2D eigenvalue weighted by atomic mass is 9.92. The quantitative estimate of drug-likeness (QED) is 0.492. The van der Waals surface area contributed by atoms with Gasteiger partial charge in [0.25, 0.3) is 5.91 Å². The predicted octanol–water partition coefficient (Wildman–Crippen LogP) is 3.90. The molecule has 1 aromatic rings. The molecule has 9 nitrogen and oxygen atoms in total. The minimum absolute atomic E-state index is 0.0559. The van der Waals surface area contributed by atoms with E-state index in [1.165, 1.54) is 37.6 Å². The largest absolute Gasteiger partial charge is 0.372 e. The first-order valence-electron chi connectivity index (χ1n) is 15.8. The number of likely N-dealkylation sites (tertiary alicyclic amines) is 1. The molecule has 3 fully saturated rings. The van der Waals surface area contributed by atoms with Crippen LogP contribution in [-0.4, -0.2) is 102 Å². The number of hydrogen-bond donors (Lipinski definition) is 1. The minimum Gasteiger partial charge on any atom is -0.372 e. The zero-order valence-corrected chi connectivity index (χ0v) is 24.9. The van der Waals surface area contributed by atoms with Gasteiger partial charge in [-0.15, -0.1) is 0 Å². The van der Waals surface area contributed by atoms with Crippen molar-refractivity contribution in [1.29, 1.82) is 0 Å². The van der Waals surface area contributed by atoms with Gasteiger partial charge in [0.05, 0.1) is 0 Å². The summed E-state index contributed by atoms with van der Waals surface area (Å²) in [6.07, 6.45) is 9.95. The number of piperazine rings is 1. The minimum atomic E-state index is -0.477. The summed E-state index contributed by atoms with van der Waals surface area (Å²) >= 11 is 0. The number of nitrogens with one attached hydrogen (secondary N) is 1. The van der Waals surface area contributed by atoms with E-state index in [1.807, 2.05) is 17.9 Å². The van der Waals surface area contributed by atoms with Crippen LogP contribution in [0.1, 0.15) is 74.2 Å². The highest BCUT2D eigenvalue weighted by Gasteiger charge is 2.36. The van der Waals surface area contributed by atoms with Gasteiger partial charge in [0.15, 0.2) is 0 Å². The lowest BCUT2D eigenvalue weighted by Crippen LogP contribution is -2.53. The van der Waals surface area contributed by atoms with Crippen LogP contribution in [0.25, 0.3) is 0 Å². The number of rotatable bonds is 9. The zero-order valence-electron chi connectivity index (χ0n) is 24.9. The SMILES string of the molecule is C=CNC(=O)C(CCC)N1Cc2cc(N3CCC(CCN4CCN(C(=O)N5CCCCC5)CC4)CC3)ccc2C1=O. The standard InChI is InChI=1S/C32H48N6O3/c1-3-8-29(30(39)33-4-2)38-24-26-23-27(9-10-28(26)31(38)40)35-17-12-25(13-18-35)11-16-34-19-21-37(22-20-34)32(41)36-14-6-5-7-15-36/h4,9-10,23,25,29H,2-3,5-8,11-22,24H2,1H3,(H,33,39). The highest BCUT2D eigenvalue weighted by molar-refractivity contribution is 6.01. The van der Waals surface area contributed by atoms with E-state index in [0.29, 0.717) is 18.5 Å². The van der Waals surface area contributed by atoms with Crippen molar-refractivity contribution in [2.45, 2.75) is 70.9 Å². The molecule has 4 amide bonds. The topological polar surface area (TPSA) is 79.4 Å². The van der Waals surface area contributed by atoms with E-state index >= 15 is 0 Å². The van der Waals surface area contributed by atoms with Crippen molar-refractivity contribution >= 4 is 23.5 Å². The molecule has 4 aliphatic heterocycles. The third-order valence-electron chi connectivity index (χ3n) is 9.51. The number of fused-ring (bicyclic) bond motifs is 1. The van der Waals surface area contributed by atoms with Crippen molar-refractivity contribution in [3.05, 3.63) is 42.1 Å². The van der Waals surface area contributed by atoms with E-state index in [4.69, 9.17) is 0 Å². The first-order valence-corrected chi connectivity index (χ1v) is 15.8. The molecule has 0 aromatic heterocycles. The smallest absolute Gasteiger partial charge is 0.320 e. The number of carbonyl (C=O) groups excluding carboxylic acids is 3. The Bertz CT molecular complexity index is 1090. The fourth-order valence-electron chi connectivity index (χ4n) is 6.97. The summed E-state index contributed by atoms with van der Waals surface area (Å²) in [6, 6.07) is 5.95. The van der Waals surface area contributed by atoms with Crippen LogP contribution in [0, 0.1) is 5.92 Å². The summed E-state index contributed by atoms with van der Waals surface area (Å²) in [5.74, 6) is 0.502. The van der Waals surface area contributed by atoms with Crippen LogP contribution < -0.4 is 10.2 Å². The highest BCUT2D eigenvalue weighted by Crippen LogP contribution is 2.32. The molecule has 0 spiro atoms. The van der Waals surface area contributed by atoms with Gasteiger partial charge >= 0.3 is 6.03 Å². The summed E-state index contributed by atoms with van der Waals surface area (Å²) in [5, 5.41) is 2.67.